The third kappa shape index (κ3) is 5.64. The van der Waals surface area contributed by atoms with E-state index in [-0.39, 0.29) is 25.9 Å². The highest BCUT2D eigenvalue weighted by atomic mass is 19.4. The number of amides is 1. The number of hydrogen-bond donors (Lipinski definition) is 2. The van der Waals surface area contributed by atoms with E-state index < -0.39 is 42.9 Å². The Morgan fingerprint density at radius 1 is 1.23 bits per heavy atom. The van der Waals surface area contributed by atoms with Gasteiger partial charge in [0.1, 0.15) is 6.54 Å². The van der Waals surface area contributed by atoms with Crippen LogP contribution in [0.15, 0.2) is 0 Å². The van der Waals surface area contributed by atoms with Crippen molar-refractivity contribution in [3.63, 3.8) is 0 Å². The number of likely N-dealkylation sites (tertiary alicyclic amines) is 1. The Labute approximate surface area is 123 Å². The van der Waals surface area contributed by atoms with Crippen molar-refractivity contribution in [1.82, 2.24) is 10.2 Å². The van der Waals surface area contributed by atoms with Crippen molar-refractivity contribution in [2.45, 2.75) is 44.3 Å². The molecule has 0 aromatic carbocycles. The zero-order chi connectivity index (χ0) is 17.1. The van der Waals surface area contributed by atoms with Crippen molar-refractivity contribution in [2.24, 2.45) is 5.92 Å². The van der Waals surface area contributed by atoms with Crippen LogP contribution >= 0.6 is 0 Å². The van der Waals surface area contributed by atoms with E-state index in [0.29, 0.717) is 0 Å². The number of nitrogens with one attached hydrogen (secondary N) is 1. The number of aliphatic hydroxyl groups is 1. The molecule has 2 atom stereocenters. The highest BCUT2D eigenvalue weighted by molar-refractivity contribution is 5.81. The average Bonchev–Trinajstić information content (AvgIpc) is 2.41. The number of carbonyl (C=O) groups excluding carboxylic acids is 1. The maximum atomic E-state index is 12.4. The molecule has 2 N–H and O–H groups in total. The van der Waals surface area contributed by atoms with E-state index in [2.05, 4.69) is 0 Å². The summed E-state index contributed by atoms with van der Waals surface area (Å²) in [5.74, 6) is -1.78. The molecule has 4 nitrogen and oxygen atoms in total. The Kier molecular flexibility index (Phi) is 6.08. The minimum Gasteiger partial charge on any atom is -0.383 e. The van der Waals surface area contributed by atoms with Crippen molar-refractivity contribution in [3.8, 4) is 0 Å². The summed E-state index contributed by atoms with van der Waals surface area (Å²) in [7, 11) is 0. The van der Waals surface area contributed by atoms with E-state index in [9.17, 15) is 36.2 Å². The summed E-state index contributed by atoms with van der Waals surface area (Å²) < 4.78 is 73.2. The van der Waals surface area contributed by atoms with Crippen LogP contribution in [0, 0.1) is 5.92 Å². The van der Waals surface area contributed by atoms with Gasteiger partial charge in [0, 0.05) is 0 Å². The first kappa shape index (κ1) is 19.0. The molecule has 1 heterocycles. The number of piperidine rings is 1. The molecule has 0 spiro atoms. The quantitative estimate of drug-likeness (QED) is 0.768. The van der Waals surface area contributed by atoms with Gasteiger partial charge in [0.25, 0.3) is 0 Å². The van der Waals surface area contributed by atoms with Gasteiger partial charge in [-0.15, -0.1) is 0 Å². The molecule has 1 fully saturated rings. The van der Waals surface area contributed by atoms with Crippen LogP contribution < -0.4 is 5.32 Å². The summed E-state index contributed by atoms with van der Waals surface area (Å²) in [4.78, 5) is 13.1. The topological polar surface area (TPSA) is 52.6 Å². The third-order valence-electron chi connectivity index (χ3n) is 3.75. The van der Waals surface area contributed by atoms with Gasteiger partial charge >= 0.3 is 12.4 Å². The lowest BCUT2D eigenvalue weighted by Gasteiger charge is -2.37. The van der Waals surface area contributed by atoms with Gasteiger partial charge < -0.3 is 10.4 Å². The number of alkyl halides is 6. The fourth-order valence-electron chi connectivity index (χ4n) is 2.39. The minimum absolute atomic E-state index is 0.0254. The summed E-state index contributed by atoms with van der Waals surface area (Å²) in [5.41, 5.74) is 0. The maximum Gasteiger partial charge on any atom is 0.414 e. The van der Waals surface area contributed by atoms with Crippen molar-refractivity contribution < 1.29 is 36.2 Å². The molecule has 1 rings (SSSR count). The summed E-state index contributed by atoms with van der Waals surface area (Å²) in [6, 6.07) is -0.869. The second-order valence-corrected chi connectivity index (χ2v) is 5.37. The van der Waals surface area contributed by atoms with E-state index in [1.54, 1.807) is 5.32 Å². The van der Waals surface area contributed by atoms with Crippen LogP contribution in [0.3, 0.4) is 0 Å². The number of nitrogens with zero attached hydrogens (tertiary/aromatic N) is 1. The van der Waals surface area contributed by atoms with Crippen LogP contribution in [0.1, 0.15) is 19.8 Å². The molecule has 1 aliphatic heterocycles. The SMILES string of the molecule is CC(C(=O)NCC(F)(F)F)N1CCC(C(O)C(F)(F)F)CC1. The molecule has 1 amide bonds. The lowest BCUT2D eigenvalue weighted by Crippen LogP contribution is -2.51. The predicted molar refractivity (Wildman–Crippen MR) is 64.9 cm³/mol. The van der Waals surface area contributed by atoms with Crippen molar-refractivity contribution in [3.05, 3.63) is 0 Å². The molecule has 2 unspecified atom stereocenters. The molecular formula is C12H18F6N2O2. The molecular weight excluding hydrogens is 318 g/mol. The number of aliphatic hydroxyl groups excluding tert-OH is 1. The molecule has 1 saturated heterocycles. The van der Waals surface area contributed by atoms with Gasteiger partial charge in [-0.1, -0.05) is 0 Å². The number of carbonyl (C=O) groups is 1. The van der Waals surface area contributed by atoms with Gasteiger partial charge in [0.15, 0.2) is 6.10 Å². The minimum atomic E-state index is -4.69. The van der Waals surface area contributed by atoms with E-state index in [4.69, 9.17) is 0 Å². The predicted octanol–water partition coefficient (Wildman–Crippen LogP) is 1.69. The van der Waals surface area contributed by atoms with Crippen LogP contribution in [-0.2, 0) is 4.79 Å². The Morgan fingerprint density at radius 3 is 2.14 bits per heavy atom. The number of halogens is 6. The van der Waals surface area contributed by atoms with E-state index >= 15 is 0 Å². The molecule has 0 radical (unpaired) electrons. The first-order valence-electron chi connectivity index (χ1n) is 6.75. The highest BCUT2D eigenvalue weighted by Gasteiger charge is 2.44. The van der Waals surface area contributed by atoms with Gasteiger partial charge in [-0.05, 0) is 38.8 Å². The molecule has 10 heteroatoms. The van der Waals surface area contributed by atoms with Gasteiger partial charge in [0.05, 0.1) is 6.04 Å². The van der Waals surface area contributed by atoms with Gasteiger partial charge in [-0.25, -0.2) is 0 Å². The van der Waals surface area contributed by atoms with Crippen LogP contribution in [0.5, 0.6) is 0 Å². The van der Waals surface area contributed by atoms with Crippen molar-refractivity contribution in [2.75, 3.05) is 19.6 Å². The zero-order valence-corrected chi connectivity index (χ0v) is 11.8. The van der Waals surface area contributed by atoms with E-state index in [1.807, 2.05) is 0 Å². The Morgan fingerprint density at radius 2 is 1.73 bits per heavy atom. The standard InChI is InChI=1S/C12H18F6N2O2/c1-7(10(22)19-6-11(13,14)15)20-4-2-8(3-5-20)9(21)12(16,17)18/h7-9,21H,2-6H2,1H3,(H,19,22). The Balaban J connectivity index is 2.45. The van der Waals surface area contributed by atoms with Crippen LogP contribution in [-0.4, -0.2) is 60.0 Å². The highest BCUT2D eigenvalue weighted by Crippen LogP contribution is 2.32. The normalized spacial score (nSPS) is 21.5. The number of hydrogen-bond acceptors (Lipinski definition) is 3. The molecule has 130 valence electrons. The molecule has 0 aliphatic carbocycles. The molecule has 22 heavy (non-hydrogen) atoms. The average molecular weight is 336 g/mol. The summed E-state index contributed by atoms with van der Waals surface area (Å²) >= 11 is 0. The summed E-state index contributed by atoms with van der Waals surface area (Å²) in [6.45, 7) is 0.169. The van der Waals surface area contributed by atoms with Crippen molar-refractivity contribution >= 4 is 5.91 Å². The van der Waals surface area contributed by atoms with E-state index in [0.717, 1.165) is 0 Å². The number of rotatable bonds is 4. The second kappa shape index (κ2) is 7.03. The fraction of sp³-hybridized carbons (Fsp3) is 0.917. The van der Waals surface area contributed by atoms with Gasteiger partial charge in [-0.3, -0.25) is 9.69 Å². The van der Waals surface area contributed by atoms with Crippen LogP contribution in [0.2, 0.25) is 0 Å². The largest absolute Gasteiger partial charge is 0.414 e. The maximum absolute atomic E-state index is 12.4. The molecule has 0 bridgehead atoms. The van der Waals surface area contributed by atoms with Crippen LogP contribution in [0.4, 0.5) is 26.3 Å². The van der Waals surface area contributed by atoms with Crippen molar-refractivity contribution in [1.29, 1.82) is 0 Å². The van der Waals surface area contributed by atoms with E-state index in [1.165, 1.54) is 11.8 Å². The van der Waals surface area contributed by atoms with Gasteiger partial charge in [-0.2, -0.15) is 26.3 Å². The smallest absolute Gasteiger partial charge is 0.383 e. The lowest BCUT2D eigenvalue weighted by atomic mass is 9.90. The zero-order valence-electron chi connectivity index (χ0n) is 11.8. The molecule has 0 saturated carbocycles. The third-order valence-corrected chi connectivity index (χ3v) is 3.75. The molecule has 0 aromatic rings. The molecule has 0 aromatic heterocycles. The summed E-state index contributed by atoms with van der Waals surface area (Å²) in [5, 5.41) is 10.9. The monoisotopic (exact) mass is 336 g/mol. The first-order valence-corrected chi connectivity index (χ1v) is 6.75. The van der Waals surface area contributed by atoms with Gasteiger partial charge in [0.2, 0.25) is 5.91 Å². The molecule has 1 aliphatic rings. The summed E-state index contributed by atoms with van der Waals surface area (Å²) in [6.07, 6.45) is -11.6. The Hall–Kier alpha value is -1.03. The Bertz CT molecular complexity index is 377. The fourth-order valence-corrected chi connectivity index (χ4v) is 2.39. The lowest BCUT2D eigenvalue weighted by molar-refractivity contribution is -0.223. The first-order chi connectivity index (χ1) is 9.92. The second-order valence-electron chi connectivity index (χ2n) is 5.37. The van der Waals surface area contributed by atoms with Crippen LogP contribution in [0.25, 0.3) is 0 Å².